The summed E-state index contributed by atoms with van der Waals surface area (Å²) in [6, 6.07) is 7.20. The van der Waals surface area contributed by atoms with Crippen LogP contribution in [0, 0.1) is 0 Å². The van der Waals surface area contributed by atoms with Crippen molar-refractivity contribution < 1.29 is 19.0 Å². The van der Waals surface area contributed by atoms with Gasteiger partial charge in [0.1, 0.15) is 12.4 Å². The molecule has 0 saturated carbocycles. The zero-order valence-electron chi connectivity index (χ0n) is 11.7. The lowest BCUT2D eigenvalue weighted by Gasteiger charge is -2.12. The molecule has 0 radical (unpaired) electrons. The fourth-order valence-corrected chi connectivity index (χ4v) is 2.12. The fourth-order valence-electron chi connectivity index (χ4n) is 2.12. The van der Waals surface area contributed by atoms with Crippen molar-refractivity contribution in [1.29, 1.82) is 0 Å². The minimum atomic E-state index is -0.275. The van der Waals surface area contributed by atoms with E-state index < -0.39 is 0 Å². The van der Waals surface area contributed by atoms with Crippen LogP contribution in [-0.4, -0.2) is 31.4 Å². The Kier molecular flexibility index (Phi) is 5.24. The van der Waals surface area contributed by atoms with Crippen LogP contribution in [-0.2, 0) is 14.3 Å². The van der Waals surface area contributed by atoms with Gasteiger partial charge in [0, 0.05) is 0 Å². The van der Waals surface area contributed by atoms with Gasteiger partial charge >= 0.3 is 5.97 Å². The summed E-state index contributed by atoms with van der Waals surface area (Å²) in [4.78, 5) is 11.6. The third-order valence-electron chi connectivity index (χ3n) is 3.23. The first-order valence-corrected chi connectivity index (χ1v) is 6.93. The molecule has 1 saturated heterocycles. The Morgan fingerprint density at radius 3 is 2.90 bits per heavy atom. The normalized spacial score (nSPS) is 21.6. The van der Waals surface area contributed by atoms with E-state index in [0.717, 1.165) is 12.8 Å². The lowest BCUT2D eigenvalue weighted by atomic mass is 10.2. The summed E-state index contributed by atoms with van der Waals surface area (Å²) in [7, 11) is 0. The van der Waals surface area contributed by atoms with E-state index in [1.807, 2.05) is 19.1 Å². The number of nitrogen functional groups attached to an aromatic ring is 1. The van der Waals surface area contributed by atoms with Gasteiger partial charge in [0.05, 0.1) is 30.9 Å². The summed E-state index contributed by atoms with van der Waals surface area (Å²) in [6.07, 6.45) is 2.49. The smallest absolute Gasteiger partial charge is 0.309 e. The molecular weight excluding hydrogens is 258 g/mol. The number of hydrogen-bond donors (Lipinski definition) is 1. The number of carbonyl (C=O) groups is 1. The van der Waals surface area contributed by atoms with Crippen molar-refractivity contribution in [2.75, 3.05) is 18.9 Å². The average Bonchev–Trinajstić information content (AvgIpc) is 2.84. The van der Waals surface area contributed by atoms with E-state index in [9.17, 15) is 4.79 Å². The van der Waals surface area contributed by atoms with Crippen LogP contribution in [0.25, 0.3) is 0 Å². The van der Waals surface area contributed by atoms with Gasteiger partial charge in [-0.3, -0.25) is 4.79 Å². The molecule has 5 heteroatoms. The van der Waals surface area contributed by atoms with Crippen LogP contribution in [0.1, 0.15) is 26.2 Å². The van der Waals surface area contributed by atoms with Crippen molar-refractivity contribution in [1.82, 2.24) is 0 Å². The molecule has 1 aliphatic heterocycles. The Balaban J connectivity index is 1.62. The van der Waals surface area contributed by atoms with Crippen LogP contribution in [0.15, 0.2) is 24.3 Å². The minimum Gasteiger partial charge on any atom is -0.491 e. The highest BCUT2D eigenvalue weighted by Crippen LogP contribution is 2.20. The van der Waals surface area contributed by atoms with Crippen molar-refractivity contribution in [2.45, 2.75) is 38.4 Å². The van der Waals surface area contributed by atoms with Crippen molar-refractivity contribution in [2.24, 2.45) is 0 Å². The van der Waals surface area contributed by atoms with Crippen LogP contribution in [0.2, 0.25) is 0 Å². The third kappa shape index (κ3) is 4.42. The molecule has 1 aromatic carbocycles. The number of para-hydroxylation sites is 2. The highest BCUT2D eigenvalue weighted by molar-refractivity contribution is 5.69. The Morgan fingerprint density at radius 2 is 2.20 bits per heavy atom. The highest BCUT2D eigenvalue weighted by Gasteiger charge is 2.22. The zero-order valence-corrected chi connectivity index (χ0v) is 11.7. The molecule has 0 bridgehead atoms. The van der Waals surface area contributed by atoms with Gasteiger partial charge in [-0.2, -0.15) is 0 Å². The SMILES string of the molecule is CC1CCC(COC(=O)CCOc2ccccc2N)O1. The van der Waals surface area contributed by atoms with Crippen LogP contribution >= 0.6 is 0 Å². The van der Waals surface area contributed by atoms with E-state index in [0.29, 0.717) is 18.0 Å². The second-order valence-electron chi connectivity index (χ2n) is 4.97. The van der Waals surface area contributed by atoms with Crippen LogP contribution in [0.3, 0.4) is 0 Å². The molecule has 110 valence electrons. The van der Waals surface area contributed by atoms with Crippen molar-refractivity contribution >= 4 is 11.7 Å². The maximum absolute atomic E-state index is 11.6. The summed E-state index contributed by atoms with van der Waals surface area (Å²) < 4.78 is 16.2. The number of anilines is 1. The number of ether oxygens (including phenoxy) is 3. The average molecular weight is 279 g/mol. The number of carbonyl (C=O) groups excluding carboxylic acids is 1. The molecule has 20 heavy (non-hydrogen) atoms. The first-order valence-electron chi connectivity index (χ1n) is 6.93. The lowest BCUT2D eigenvalue weighted by molar-refractivity contribution is -0.148. The molecule has 2 rings (SSSR count). The minimum absolute atomic E-state index is 0.0413. The topological polar surface area (TPSA) is 70.8 Å². The monoisotopic (exact) mass is 279 g/mol. The van der Waals surface area contributed by atoms with Crippen LogP contribution < -0.4 is 10.5 Å². The molecule has 0 spiro atoms. The molecule has 1 aromatic rings. The van der Waals surface area contributed by atoms with E-state index in [2.05, 4.69) is 0 Å². The predicted octanol–water partition coefficient (Wildman–Crippen LogP) is 2.15. The van der Waals surface area contributed by atoms with Crippen molar-refractivity contribution in [3.8, 4) is 5.75 Å². The summed E-state index contributed by atoms with van der Waals surface area (Å²) in [5.74, 6) is 0.316. The molecule has 1 aliphatic rings. The van der Waals surface area contributed by atoms with Crippen LogP contribution in [0.5, 0.6) is 5.75 Å². The summed E-state index contributed by atoms with van der Waals surface area (Å²) >= 11 is 0. The predicted molar refractivity (Wildman–Crippen MR) is 75.5 cm³/mol. The second kappa shape index (κ2) is 7.14. The van der Waals surface area contributed by atoms with Gasteiger partial charge in [-0.05, 0) is 31.9 Å². The lowest BCUT2D eigenvalue weighted by Crippen LogP contribution is -2.20. The Hall–Kier alpha value is -1.75. The molecule has 2 N–H and O–H groups in total. The highest BCUT2D eigenvalue weighted by atomic mass is 16.6. The largest absolute Gasteiger partial charge is 0.491 e. The Labute approximate surface area is 119 Å². The maximum Gasteiger partial charge on any atom is 0.309 e. The molecule has 0 aromatic heterocycles. The molecule has 5 nitrogen and oxygen atoms in total. The first kappa shape index (κ1) is 14.7. The van der Waals surface area contributed by atoms with E-state index >= 15 is 0 Å². The van der Waals surface area contributed by atoms with Crippen molar-refractivity contribution in [3.63, 3.8) is 0 Å². The summed E-state index contributed by atoms with van der Waals surface area (Å²) in [5, 5.41) is 0. The zero-order chi connectivity index (χ0) is 14.4. The summed E-state index contributed by atoms with van der Waals surface area (Å²) in [5.41, 5.74) is 6.30. The summed E-state index contributed by atoms with van der Waals surface area (Å²) in [6.45, 7) is 2.62. The first-order chi connectivity index (χ1) is 9.65. The van der Waals surface area contributed by atoms with Gasteiger partial charge in [-0.25, -0.2) is 0 Å². The van der Waals surface area contributed by atoms with E-state index in [1.165, 1.54) is 0 Å². The van der Waals surface area contributed by atoms with Gasteiger partial charge in [-0.1, -0.05) is 12.1 Å². The molecule has 0 amide bonds. The molecular formula is C15H21NO4. The van der Waals surface area contributed by atoms with Gasteiger partial charge in [0.25, 0.3) is 0 Å². The molecule has 1 fully saturated rings. The molecule has 2 unspecified atom stereocenters. The number of hydrogen-bond acceptors (Lipinski definition) is 5. The van der Waals surface area contributed by atoms with Crippen LogP contribution in [0.4, 0.5) is 5.69 Å². The standard InChI is InChI=1S/C15H21NO4/c1-11-6-7-12(20-11)10-19-15(17)8-9-18-14-5-3-2-4-13(14)16/h2-5,11-12H,6-10,16H2,1H3. The molecule has 2 atom stereocenters. The second-order valence-corrected chi connectivity index (χ2v) is 4.97. The van der Waals surface area contributed by atoms with Gasteiger partial charge in [-0.15, -0.1) is 0 Å². The van der Waals surface area contributed by atoms with Crippen molar-refractivity contribution in [3.05, 3.63) is 24.3 Å². The van der Waals surface area contributed by atoms with Gasteiger partial charge in [0.2, 0.25) is 0 Å². The van der Waals surface area contributed by atoms with Gasteiger partial charge in [0.15, 0.2) is 0 Å². The number of rotatable bonds is 6. The quantitative estimate of drug-likeness (QED) is 0.638. The number of benzene rings is 1. The maximum atomic E-state index is 11.6. The van der Waals surface area contributed by atoms with E-state index in [1.54, 1.807) is 12.1 Å². The van der Waals surface area contributed by atoms with E-state index in [4.69, 9.17) is 19.9 Å². The van der Waals surface area contributed by atoms with E-state index in [-0.39, 0.29) is 31.2 Å². The Morgan fingerprint density at radius 1 is 1.40 bits per heavy atom. The molecule has 0 aliphatic carbocycles. The Bertz CT molecular complexity index is 449. The number of nitrogens with two attached hydrogens (primary N) is 1. The third-order valence-corrected chi connectivity index (χ3v) is 3.23. The molecule has 1 heterocycles. The number of esters is 1. The fraction of sp³-hybridized carbons (Fsp3) is 0.533. The van der Waals surface area contributed by atoms with Gasteiger partial charge < -0.3 is 19.9 Å².